The third-order valence-electron chi connectivity index (χ3n) is 4.91. The number of carbonyl (C=O) groups is 1. The van der Waals surface area contributed by atoms with Gasteiger partial charge in [0.05, 0.1) is 11.6 Å². The summed E-state index contributed by atoms with van der Waals surface area (Å²) in [6, 6.07) is 10.8. The van der Waals surface area contributed by atoms with Gasteiger partial charge in [0.15, 0.2) is 0 Å². The first-order chi connectivity index (χ1) is 11.6. The molecule has 0 aliphatic carbocycles. The van der Waals surface area contributed by atoms with Crippen LogP contribution in [0.2, 0.25) is 0 Å². The summed E-state index contributed by atoms with van der Waals surface area (Å²) in [6.45, 7) is 8.49. The number of pyridine rings is 1. The van der Waals surface area contributed by atoms with Crippen molar-refractivity contribution in [2.45, 2.75) is 38.6 Å². The van der Waals surface area contributed by atoms with Gasteiger partial charge in [0.25, 0.3) is 0 Å². The number of piperidine rings is 1. The number of fused-ring (bicyclic) bond motifs is 3. The Bertz CT molecular complexity index is 968. The first-order valence-corrected chi connectivity index (χ1v) is 8.43. The van der Waals surface area contributed by atoms with Crippen molar-refractivity contribution >= 4 is 27.8 Å². The van der Waals surface area contributed by atoms with Crippen molar-refractivity contribution in [3.8, 4) is 0 Å². The molecular weight excluding hydrogens is 298 g/mol. The van der Waals surface area contributed by atoms with E-state index in [9.17, 15) is 4.79 Å². The van der Waals surface area contributed by atoms with E-state index in [1.54, 1.807) is 0 Å². The Balaban J connectivity index is 1.99. The smallest absolute Gasteiger partial charge is 0.224 e. The molecule has 3 heterocycles. The molecule has 24 heavy (non-hydrogen) atoms. The largest absolute Gasteiger partial charge is 0.328 e. The van der Waals surface area contributed by atoms with E-state index in [0.29, 0.717) is 12.3 Å². The Morgan fingerprint density at radius 3 is 2.88 bits per heavy atom. The zero-order valence-electron chi connectivity index (χ0n) is 14.0. The molecule has 1 atom stereocenters. The van der Waals surface area contributed by atoms with E-state index in [-0.39, 0.29) is 11.9 Å². The maximum atomic E-state index is 11.6. The van der Waals surface area contributed by atoms with Gasteiger partial charge < -0.3 is 9.88 Å². The van der Waals surface area contributed by atoms with Crippen molar-refractivity contribution in [1.82, 2.24) is 14.9 Å². The quantitative estimate of drug-likeness (QED) is 0.766. The Morgan fingerprint density at radius 2 is 2.12 bits per heavy atom. The second-order valence-corrected chi connectivity index (χ2v) is 6.80. The fourth-order valence-electron chi connectivity index (χ4n) is 3.62. The molecule has 0 saturated carbocycles. The van der Waals surface area contributed by atoms with Crippen molar-refractivity contribution in [3.05, 3.63) is 54.4 Å². The Morgan fingerprint density at radius 1 is 1.29 bits per heavy atom. The van der Waals surface area contributed by atoms with Gasteiger partial charge in [0.1, 0.15) is 5.65 Å². The summed E-state index contributed by atoms with van der Waals surface area (Å²) in [4.78, 5) is 16.3. The molecule has 1 aromatic carbocycles. The van der Waals surface area contributed by atoms with E-state index in [2.05, 4.69) is 59.6 Å². The molecule has 1 fully saturated rings. The maximum absolute atomic E-state index is 11.6. The molecule has 1 N–H and O–H groups in total. The van der Waals surface area contributed by atoms with Gasteiger partial charge in [-0.1, -0.05) is 26.5 Å². The van der Waals surface area contributed by atoms with E-state index in [1.165, 1.54) is 10.9 Å². The van der Waals surface area contributed by atoms with Crippen molar-refractivity contribution in [2.24, 2.45) is 0 Å². The number of hydrogen-bond donors (Lipinski definition) is 1. The van der Waals surface area contributed by atoms with E-state index in [4.69, 9.17) is 0 Å². The normalized spacial score (nSPS) is 18.5. The number of carbonyl (C=O) groups excluding carboxylic acids is 1. The second kappa shape index (κ2) is 5.48. The third kappa shape index (κ3) is 2.21. The highest BCUT2D eigenvalue weighted by molar-refractivity contribution is 6.07. The molecule has 4 rings (SSSR count). The third-order valence-corrected chi connectivity index (χ3v) is 4.91. The molecule has 1 saturated heterocycles. The lowest BCUT2D eigenvalue weighted by atomic mass is 10.0. The van der Waals surface area contributed by atoms with Crippen LogP contribution < -0.4 is 5.32 Å². The van der Waals surface area contributed by atoms with Gasteiger partial charge in [-0.05, 0) is 42.2 Å². The minimum absolute atomic E-state index is 0.0440. The number of rotatable bonds is 2. The van der Waals surface area contributed by atoms with Crippen LogP contribution in [0.3, 0.4) is 0 Å². The molecule has 1 amide bonds. The van der Waals surface area contributed by atoms with Gasteiger partial charge >= 0.3 is 0 Å². The SMILES string of the molecule is C=C1NC(=O)CCC1n1c2ccc(C(C)C)cc2c2cccnc21. The number of nitrogens with zero attached hydrogens (tertiary/aromatic N) is 2. The lowest BCUT2D eigenvalue weighted by Gasteiger charge is -2.27. The minimum atomic E-state index is 0.0440. The average Bonchev–Trinajstić information content (AvgIpc) is 2.89. The van der Waals surface area contributed by atoms with Crippen molar-refractivity contribution in [3.63, 3.8) is 0 Å². The fraction of sp³-hybridized carbons (Fsp3) is 0.300. The van der Waals surface area contributed by atoms with Gasteiger partial charge in [0, 0.05) is 29.1 Å². The molecule has 1 aliphatic rings. The van der Waals surface area contributed by atoms with Crippen LogP contribution in [0.4, 0.5) is 0 Å². The molecule has 4 nitrogen and oxygen atoms in total. The topological polar surface area (TPSA) is 46.9 Å². The summed E-state index contributed by atoms with van der Waals surface area (Å²) in [5.41, 5.74) is 4.18. The number of aromatic nitrogens is 2. The van der Waals surface area contributed by atoms with Crippen LogP contribution in [-0.2, 0) is 4.79 Å². The molecular formula is C20H21N3O. The molecule has 1 unspecified atom stereocenters. The zero-order chi connectivity index (χ0) is 16.8. The number of hydrogen-bond acceptors (Lipinski definition) is 2. The summed E-state index contributed by atoms with van der Waals surface area (Å²) >= 11 is 0. The Labute approximate surface area is 141 Å². The first-order valence-electron chi connectivity index (χ1n) is 8.43. The van der Waals surface area contributed by atoms with Gasteiger partial charge in [-0.25, -0.2) is 4.98 Å². The minimum Gasteiger partial charge on any atom is -0.328 e. The molecule has 4 heteroatoms. The van der Waals surface area contributed by atoms with Crippen LogP contribution in [0.25, 0.3) is 21.9 Å². The zero-order valence-corrected chi connectivity index (χ0v) is 14.0. The summed E-state index contributed by atoms with van der Waals surface area (Å²) in [5.74, 6) is 0.528. The predicted molar refractivity (Wildman–Crippen MR) is 96.9 cm³/mol. The molecule has 122 valence electrons. The number of nitrogens with one attached hydrogen (secondary N) is 1. The van der Waals surface area contributed by atoms with Gasteiger partial charge in [0.2, 0.25) is 5.91 Å². The Kier molecular flexibility index (Phi) is 3.41. The molecule has 0 spiro atoms. The molecule has 2 aromatic heterocycles. The number of benzene rings is 1. The lowest BCUT2D eigenvalue weighted by Crippen LogP contribution is -2.33. The molecule has 0 radical (unpaired) electrons. The molecule has 1 aliphatic heterocycles. The maximum Gasteiger partial charge on any atom is 0.224 e. The summed E-state index contributed by atoms with van der Waals surface area (Å²) in [6.07, 6.45) is 3.10. The monoisotopic (exact) mass is 319 g/mol. The van der Waals surface area contributed by atoms with Crippen LogP contribution in [0, 0.1) is 0 Å². The highest BCUT2D eigenvalue weighted by Crippen LogP contribution is 2.36. The summed E-state index contributed by atoms with van der Waals surface area (Å²) in [7, 11) is 0. The van der Waals surface area contributed by atoms with Gasteiger partial charge in [-0.15, -0.1) is 0 Å². The first kappa shape index (κ1) is 14.9. The number of allylic oxidation sites excluding steroid dienone is 1. The lowest BCUT2D eigenvalue weighted by molar-refractivity contribution is -0.121. The standard InChI is InChI=1S/C20H21N3O/c1-12(2)14-6-7-18-16(11-14)15-5-4-10-21-20(15)23(18)17-8-9-19(24)22-13(17)3/h4-7,10-12,17H,3,8-9H2,1-2H3,(H,22,24). The van der Waals surface area contributed by atoms with E-state index in [0.717, 1.165) is 28.7 Å². The fourth-order valence-corrected chi connectivity index (χ4v) is 3.62. The highest BCUT2D eigenvalue weighted by Gasteiger charge is 2.26. The van der Waals surface area contributed by atoms with E-state index >= 15 is 0 Å². The van der Waals surface area contributed by atoms with Crippen LogP contribution in [0.5, 0.6) is 0 Å². The second-order valence-electron chi connectivity index (χ2n) is 6.80. The van der Waals surface area contributed by atoms with Crippen LogP contribution >= 0.6 is 0 Å². The van der Waals surface area contributed by atoms with Crippen molar-refractivity contribution in [2.75, 3.05) is 0 Å². The average molecular weight is 319 g/mol. The molecule has 3 aromatic rings. The number of amides is 1. The van der Waals surface area contributed by atoms with Gasteiger partial charge in [-0.3, -0.25) is 4.79 Å². The van der Waals surface area contributed by atoms with Crippen LogP contribution in [-0.4, -0.2) is 15.5 Å². The Hall–Kier alpha value is -2.62. The van der Waals surface area contributed by atoms with E-state index in [1.807, 2.05) is 12.3 Å². The van der Waals surface area contributed by atoms with Gasteiger partial charge in [-0.2, -0.15) is 0 Å². The van der Waals surface area contributed by atoms with Crippen LogP contribution in [0.15, 0.2) is 48.8 Å². The van der Waals surface area contributed by atoms with E-state index < -0.39 is 0 Å². The van der Waals surface area contributed by atoms with Crippen LogP contribution in [0.1, 0.15) is 44.2 Å². The predicted octanol–water partition coefficient (Wildman–Crippen LogP) is 4.28. The summed E-state index contributed by atoms with van der Waals surface area (Å²) in [5, 5.41) is 5.26. The van der Waals surface area contributed by atoms with Crippen molar-refractivity contribution in [1.29, 1.82) is 0 Å². The van der Waals surface area contributed by atoms with Crippen molar-refractivity contribution < 1.29 is 4.79 Å². The molecule has 0 bridgehead atoms. The summed E-state index contributed by atoms with van der Waals surface area (Å²) < 4.78 is 2.23. The highest BCUT2D eigenvalue weighted by atomic mass is 16.1.